The minimum absolute atomic E-state index is 0.0374. The SMILES string of the molecule is O=C(Nc1cnc2ccccc2c1)Oc1cccc(F)c1-n1nccc1CO. The molecule has 0 aliphatic rings. The van der Waals surface area contributed by atoms with Gasteiger partial charge in [-0.25, -0.2) is 13.9 Å². The lowest BCUT2D eigenvalue weighted by atomic mass is 10.2. The Hall–Kier alpha value is -3.78. The second-order valence-electron chi connectivity index (χ2n) is 5.91. The van der Waals surface area contributed by atoms with Gasteiger partial charge in [-0.05, 0) is 30.3 Å². The van der Waals surface area contributed by atoms with Crippen LogP contribution in [0.25, 0.3) is 16.6 Å². The Bertz CT molecular complexity index is 1160. The summed E-state index contributed by atoms with van der Waals surface area (Å²) >= 11 is 0. The molecule has 0 fully saturated rings. The first-order chi connectivity index (χ1) is 13.7. The number of aromatic nitrogens is 3. The van der Waals surface area contributed by atoms with Crippen LogP contribution in [0, 0.1) is 5.82 Å². The molecule has 0 spiro atoms. The number of ether oxygens (including phenoxy) is 1. The maximum absolute atomic E-state index is 14.4. The fourth-order valence-corrected chi connectivity index (χ4v) is 2.82. The van der Waals surface area contributed by atoms with Gasteiger partial charge < -0.3 is 9.84 Å². The predicted octanol–water partition coefficient (Wildman–Crippen LogP) is 3.66. The second-order valence-corrected chi connectivity index (χ2v) is 5.91. The van der Waals surface area contributed by atoms with E-state index in [1.165, 1.54) is 41.3 Å². The van der Waals surface area contributed by atoms with Crippen LogP contribution < -0.4 is 10.1 Å². The number of halogens is 1. The van der Waals surface area contributed by atoms with Crippen molar-refractivity contribution < 1.29 is 19.0 Å². The van der Waals surface area contributed by atoms with E-state index in [-0.39, 0.29) is 18.0 Å². The minimum Gasteiger partial charge on any atom is -0.408 e. The van der Waals surface area contributed by atoms with E-state index in [9.17, 15) is 14.3 Å². The summed E-state index contributed by atoms with van der Waals surface area (Å²) in [6, 6.07) is 14.9. The van der Waals surface area contributed by atoms with Gasteiger partial charge in [-0.3, -0.25) is 10.3 Å². The van der Waals surface area contributed by atoms with Crippen LogP contribution in [0.5, 0.6) is 5.75 Å². The van der Waals surface area contributed by atoms with Crippen LogP contribution in [0.2, 0.25) is 0 Å². The molecule has 140 valence electrons. The fourth-order valence-electron chi connectivity index (χ4n) is 2.82. The molecule has 0 aliphatic heterocycles. The number of hydrogen-bond donors (Lipinski definition) is 2. The fraction of sp³-hybridized carbons (Fsp3) is 0.0500. The van der Waals surface area contributed by atoms with Gasteiger partial charge in [0.05, 0.1) is 29.7 Å². The highest BCUT2D eigenvalue weighted by Crippen LogP contribution is 2.27. The molecule has 1 amide bonds. The number of carbonyl (C=O) groups excluding carboxylic acids is 1. The Kier molecular flexibility index (Phi) is 4.69. The van der Waals surface area contributed by atoms with Crippen LogP contribution in [0.3, 0.4) is 0 Å². The number of pyridine rings is 1. The smallest absolute Gasteiger partial charge is 0.408 e. The van der Waals surface area contributed by atoms with E-state index in [2.05, 4.69) is 15.4 Å². The van der Waals surface area contributed by atoms with Gasteiger partial charge in [-0.15, -0.1) is 0 Å². The number of para-hydroxylation sites is 2. The Labute approximate surface area is 159 Å². The summed E-state index contributed by atoms with van der Waals surface area (Å²) in [5.41, 5.74) is 1.53. The number of fused-ring (bicyclic) bond motifs is 1. The van der Waals surface area contributed by atoms with Crippen molar-refractivity contribution in [3.8, 4) is 11.4 Å². The third-order valence-corrected chi connectivity index (χ3v) is 4.08. The summed E-state index contributed by atoms with van der Waals surface area (Å²) in [4.78, 5) is 16.6. The van der Waals surface area contributed by atoms with E-state index in [0.29, 0.717) is 11.4 Å². The van der Waals surface area contributed by atoms with E-state index in [1.807, 2.05) is 24.3 Å². The highest BCUT2D eigenvalue weighted by Gasteiger charge is 2.18. The van der Waals surface area contributed by atoms with Gasteiger partial charge in [-0.1, -0.05) is 24.3 Å². The van der Waals surface area contributed by atoms with Crippen molar-refractivity contribution in [2.24, 2.45) is 0 Å². The third-order valence-electron chi connectivity index (χ3n) is 4.08. The molecule has 4 rings (SSSR count). The number of amides is 1. The first-order valence-electron chi connectivity index (χ1n) is 8.42. The Balaban J connectivity index is 1.60. The largest absolute Gasteiger partial charge is 0.417 e. The molecule has 8 heteroatoms. The molecule has 0 saturated heterocycles. The number of rotatable bonds is 4. The first kappa shape index (κ1) is 17.6. The monoisotopic (exact) mass is 378 g/mol. The summed E-state index contributed by atoms with van der Waals surface area (Å²) in [5, 5.41) is 16.8. The Morgan fingerprint density at radius 3 is 2.89 bits per heavy atom. The summed E-state index contributed by atoms with van der Waals surface area (Å²) in [7, 11) is 0. The van der Waals surface area contributed by atoms with Gasteiger partial charge in [0.2, 0.25) is 0 Å². The maximum atomic E-state index is 14.4. The summed E-state index contributed by atoms with van der Waals surface area (Å²) in [6.45, 7) is -0.345. The van der Waals surface area contributed by atoms with Gasteiger partial charge in [0.25, 0.3) is 0 Å². The van der Waals surface area contributed by atoms with Crippen LogP contribution in [0.15, 0.2) is 67.0 Å². The quantitative estimate of drug-likeness (QED) is 0.566. The number of benzene rings is 2. The summed E-state index contributed by atoms with van der Waals surface area (Å²) in [6.07, 6.45) is 2.12. The number of hydrogen-bond acceptors (Lipinski definition) is 5. The van der Waals surface area contributed by atoms with Crippen molar-refractivity contribution in [2.45, 2.75) is 6.61 Å². The topological polar surface area (TPSA) is 89.3 Å². The molecular formula is C20H15FN4O3. The average Bonchev–Trinajstić information content (AvgIpc) is 3.16. The highest BCUT2D eigenvalue weighted by molar-refractivity contribution is 5.90. The van der Waals surface area contributed by atoms with Crippen LogP contribution in [0.1, 0.15) is 5.69 Å². The minimum atomic E-state index is -0.804. The highest BCUT2D eigenvalue weighted by atomic mass is 19.1. The molecule has 2 heterocycles. The van der Waals surface area contributed by atoms with E-state index < -0.39 is 11.9 Å². The number of carbonyl (C=O) groups is 1. The lowest BCUT2D eigenvalue weighted by molar-refractivity contribution is 0.214. The molecule has 4 aromatic rings. The number of nitrogens with one attached hydrogen (secondary N) is 1. The number of aliphatic hydroxyl groups excluding tert-OH is 1. The van der Waals surface area contributed by atoms with Crippen molar-refractivity contribution in [3.63, 3.8) is 0 Å². The molecule has 2 aromatic carbocycles. The molecule has 7 nitrogen and oxygen atoms in total. The van der Waals surface area contributed by atoms with E-state index in [0.717, 1.165) is 10.9 Å². The molecule has 0 aliphatic carbocycles. The zero-order valence-corrected chi connectivity index (χ0v) is 14.5. The normalized spacial score (nSPS) is 10.8. The lowest BCUT2D eigenvalue weighted by Crippen LogP contribution is -2.18. The number of aliphatic hydroxyl groups is 1. The van der Waals surface area contributed by atoms with Gasteiger partial charge >= 0.3 is 6.09 Å². The van der Waals surface area contributed by atoms with Crippen LogP contribution in [-0.2, 0) is 6.61 Å². The maximum Gasteiger partial charge on any atom is 0.417 e. The molecule has 0 bridgehead atoms. The van der Waals surface area contributed by atoms with Gasteiger partial charge in [0.15, 0.2) is 11.6 Å². The molecule has 0 radical (unpaired) electrons. The number of nitrogens with zero attached hydrogens (tertiary/aromatic N) is 3. The number of anilines is 1. The second kappa shape index (κ2) is 7.45. The van der Waals surface area contributed by atoms with Crippen molar-refractivity contribution in [2.75, 3.05) is 5.32 Å². The van der Waals surface area contributed by atoms with Crippen LogP contribution >= 0.6 is 0 Å². The molecule has 2 aromatic heterocycles. The summed E-state index contributed by atoms with van der Waals surface area (Å²) in [5.74, 6) is -0.680. The van der Waals surface area contributed by atoms with Crippen molar-refractivity contribution in [3.05, 3.63) is 78.5 Å². The summed E-state index contributed by atoms with van der Waals surface area (Å²) < 4.78 is 20.9. The van der Waals surface area contributed by atoms with E-state index >= 15 is 0 Å². The lowest BCUT2D eigenvalue weighted by Gasteiger charge is -2.13. The molecule has 0 saturated carbocycles. The zero-order valence-electron chi connectivity index (χ0n) is 14.5. The van der Waals surface area contributed by atoms with Gasteiger partial charge in [0.1, 0.15) is 5.69 Å². The standard InChI is InChI=1S/C20H15FN4O3/c21-16-5-3-7-18(19(16)25-15(12-26)8-9-23-25)28-20(27)24-14-10-13-4-1-2-6-17(13)22-11-14/h1-11,26H,12H2,(H,24,27). The van der Waals surface area contributed by atoms with Crippen molar-refractivity contribution >= 4 is 22.7 Å². The molecule has 28 heavy (non-hydrogen) atoms. The molecule has 0 unspecified atom stereocenters. The van der Waals surface area contributed by atoms with Gasteiger partial charge in [0, 0.05) is 11.6 Å². The van der Waals surface area contributed by atoms with Crippen LogP contribution in [-0.4, -0.2) is 26.0 Å². The molecule has 2 N–H and O–H groups in total. The van der Waals surface area contributed by atoms with Crippen LogP contribution in [0.4, 0.5) is 14.9 Å². The van der Waals surface area contributed by atoms with Crippen molar-refractivity contribution in [1.82, 2.24) is 14.8 Å². The zero-order chi connectivity index (χ0) is 19.5. The Morgan fingerprint density at radius 1 is 1.18 bits per heavy atom. The van der Waals surface area contributed by atoms with E-state index in [1.54, 1.807) is 6.07 Å². The third kappa shape index (κ3) is 3.40. The van der Waals surface area contributed by atoms with Crippen molar-refractivity contribution in [1.29, 1.82) is 0 Å². The Morgan fingerprint density at radius 2 is 2.04 bits per heavy atom. The first-order valence-corrected chi connectivity index (χ1v) is 8.42. The molecule has 0 atom stereocenters. The van der Waals surface area contributed by atoms with Gasteiger partial charge in [-0.2, -0.15) is 5.10 Å². The average molecular weight is 378 g/mol. The van der Waals surface area contributed by atoms with E-state index in [4.69, 9.17) is 4.74 Å². The predicted molar refractivity (Wildman–Crippen MR) is 101 cm³/mol. The molecular weight excluding hydrogens is 363 g/mol.